The molecule has 0 aromatic carbocycles. The van der Waals surface area contributed by atoms with Gasteiger partial charge in [-0.2, -0.15) is 0 Å². The maximum absolute atomic E-state index is 11.3. The first-order chi connectivity index (χ1) is 9.33. The van der Waals surface area contributed by atoms with Gasteiger partial charge in [0.15, 0.2) is 0 Å². The third-order valence-electron chi connectivity index (χ3n) is 2.68. The number of hydrogen-bond donors (Lipinski definition) is 1. The van der Waals surface area contributed by atoms with Crippen molar-refractivity contribution in [3.05, 3.63) is 87.2 Å². The summed E-state index contributed by atoms with van der Waals surface area (Å²) in [6, 6.07) is 0. The fourth-order valence-electron chi connectivity index (χ4n) is 1.76. The molecule has 0 unspecified atom stereocenters. The molecule has 1 aromatic heterocycles. The summed E-state index contributed by atoms with van der Waals surface area (Å²) in [6.07, 6.45) is 21.2. The minimum Gasteiger partial charge on any atom is -0.465 e. The van der Waals surface area contributed by atoms with E-state index in [9.17, 15) is 4.79 Å². The molecule has 3 rings (SSSR count). The minimum absolute atomic E-state index is 0. The Morgan fingerprint density at radius 1 is 0.950 bits per heavy atom. The third-order valence-corrected chi connectivity index (χ3v) is 2.68. The van der Waals surface area contributed by atoms with Crippen molar-refractivity contribution < 1.29 is 26.6 Å². The van der Waals surface area contributed by atoms with Crippen molar-refractivity contribution in [2.24, 2.45) is 0 Å². The molecule has 1 aromatic rings. The summed E-state index contributed by atoms with van der Waals surface area (Å²) in [6.45, 7) is 0. The Kier molecular flexibility index (Phi) is 8.01. The van der Waals surface area contributed by atoms with Crippen molar-refractivity contribution in [2.75, 3.05) is 7.11 Å². The Bertz CT molecular complexity index is 385. The van der Waals surface area contributed by atoms with Crippen LogP contribution in [0.15, 0.2) is 12.4 Å². The fourth-order valence-corrected chi connectivity index (χ4v) is 1.76. The van der Waals surface area contributed by atoms with E-state index in [0.717, 1.165) is 11.5 Å². The van der Waals surface area contributed by atoms with Crippen molar-refractivity contribution in [3.8, 4) is 0 Å². The molecule has 20 heavy (non-hydrogen) atoms. The van der Waals surface area contributed by atoms with Gasteiger partial charge < -0.3 is 9.72 Å². The second kappa shape index (κ2) is 9.25. The van der Waals surface area contributed by atoms with Crippen LogP contribution in [0.3, 0.4) is 0 Å². The Morgan fingerprint density at radius 2 is 1.50 bits per heavy atom. The molecule has 0 saturated heterocycles. The Labute approximate surface area is 132 Å². The molecule has 2 fully saturated rings. The van der Waals surface area contributed by atoms with E-state index in [4.69, 9.17) is 0 Å². The smallest absolute Gasteiger partial charge is 0.339 e. The van der Waals surface area contributed by atoms with E-state index in [-0.39, 0.29) is 23.0 Å². The number of methoxy groups -OCH3 is 1. The van der Waals surface area contributed by atoms with Crippen LogP contribution in [0.4, 0.5) is 0 Å². The maximum atomic E-state index is 11.3. The second-order valence-corrected chi connectivity index (χ2v) is 3.91. The van der Waals surface area contributed by atoms with Gasteiger partial charge >= 0.3 is 5.97 Å². The standard InChI is InChI=1S/C11H10NO2.C5H5.Fe/c1-14-11(13)10-7-12-6-9(10)8-4-2-3-5-8;1-2-4-5-3-1;/h2-7,12H,1H3;1-5H;. The SMILES string of the molecule is COC(=O)c1c[nH]cc1[C]1[CH][CH][CH][CH]1.[CH]1[CH][CH][CH][CH]1.[Fe]. The minimum atomic E-state index is -0.317. The van der Waals surface area contributed by atoms with Crippen LogP contribution in [0, 0.1) is 63.7 Å². The number of carbonyl (C=O) groups is 1. The first-order valence-electron chi connectivity index (χ1n) is 5.97. The Hall–Kier alpha value is -0.731. The van der Waals surface area contributed by atoms with Crippen molar-refractivity contribution in [3.63, 3.8) is 0 Å². The molecule has 0 amide bonds. The van der Waals surface area contributed by atoms with Crippen LogP contribution < -0.4 is 0 Å². The summed E-state index contributed by atoms with van der Waals surface area (Å²) in [5.74, 6) is 0.703. The second-order valence-electron chi connectivity index (χ2n) is 3.91. The van der Waals surface area contributed by atoms with Crippen LogP contribution in [0.25, 0.3) is 0 Å². The number of ether oxygens (including phenoxy) is 1. The molecule has 4 heteroatoms. The zero-order valence-electron chi connectivity index (χ0n) is 11.0. The molecule has 0 atom stereocenters. The molecule has 2 aliphatic carbocycles. The summed E-state index contributed by atoms with van der Waals surface area (Å²) in [5.41, 5.74) is 1.44. The molecule has 1 N–H and O–H groups in total. The van der Waals surface area contributed by atoms with Gasteiger partial charge in [-0.15, -0.1) is 0 Å². The van der Waals surface area contributed by atoms with E-state index in [0.29, 0.717) is 5.56 Å². The van der Waals surface area contributed by atoms with Crippen molar-refractivity contribution >= 4 is 5.97 Å². The van der Waals surface area contributed by atoms with Gasteiger partial charge in [0.25, 0.3) is 0 Å². The van der Waals surface area contributed by atoms with Gasteiger partial charge in [-0.1, -0.05) is 0 Å². The van der Waals surface area contributed by atoms with Crippen LogP contribution in [-0.4, -0.2) is 18.1 Å². The summed E-state index contributed by atoms with van der Waals surface area (Å²) >= 11 is 0. The third kappa shape index (κ3) is 4.68. The molecule has 0 aliphatic heterocycles. The number of hydrogen-bond acceptors (Lipinski definition) is 2. The molecule has 3 nitrogen and oxygen atoms in total. The van der Waals surface area contributed by atoms with Crippen LogP contribution in [0.1, 0.15) is 15.9 Å². The molecular formula is C16H15FeNO2. The number of rotatable bonds is 2. The van der Waals surface area contributed by atoms with E-state index in [1.165, 1.54) is 7.11 Å². The summed E-state index contributed by atoms with van der Waals surface area (Å²) in [5, 5.41) is 0. The average Bonchev–Trinajstić information content (AvgIpc) is 3.19. The maximum Gasteiger partial charge on any atom is 0.339 e. The van der Waals surface area contributed by atoms with Gasteiger partial charge in [-0.25, -0.2) is 4.79 Å². The first-order valence-corrected chi connectivity index (χ1v) is 5.97. The van der Waals surface area contributed by atoms with E-state index >= 15 is 0 Å². The predicted molar refractivity (Wildman–Crippen MR) is 73.2 cm³/mol. The van der Waals surface area contributed by atoms with Crippen LogP contribution >= 0.6 is 0 Å². The molecule has 10 radical (unpaired) electrons. The molecule has 1 heterocycles. The van der Waals surface area contributed by atoms with Gasteiger partial charge in [0, 0.05) is 35.4 Å². The first kappa shape index (κ1) is 17.3. The molecule has 2 aliphatic rings. The van der Waals surface area contributed by atoms with Crippen LogP contribution in [-0.2, 0) is 21.8 Å². The van der Waals surface area contributed by atoms with Gasteiger partial charge in [0.1, 0.15) is 0 Å². The Morgan fingerprint density at radius 3 is 2.00 bits per heavy atom. The number of carbonyl (C=O) groups excluding carboxylic acids is 1. The quantitative estimate of drug-likeness (QED) is 0.674. The van der Waals surface area contributed by atoms with Crippen molar-refractivity contribution in [1.82, 2.24) is 4.98 Å². The number of aromatic amines is 1. The summed E-state index contributed by atoms with van der Waals surface area (Å²) in [4.78, 5) is 14.2. The van der Waals surface area contributed by atoms with Crippen LogP contribution in [0.5, 0.6) is 0 Å². The van der Waals surface area contributed by atoms with Crippen LogP contribution in [0.2, 0.25) is 0 Å². The topological polar surface area (TPSA) is 42.1 Å². The number of esters is 1. The molecule has 104 valence electrons. The van der Waals surface area contributed by atoms with Gasteiger partial charge in [-0.05, 0) is 63.4 Å². The summed E-state index contributed by atoms with van der Waals surface area (Å²) in [7, 11) is 1.38. The van der Waals surface area contributed by atoms with Crippen molar-refractivity contribution in [1.29, 1.82) is 0 Å². The fraction of sp³-hybridized carbons (Fsp3) is 0.0625. The molecule has 0 bridgehead atoms. The molecule has 0 spiro atoms. The van der Waals surface area contributed by atoms with Gasteiger partial charge in [0.05, 0.1) is 12.7 Å². The normalized spacial score (nSPS) is 18.1. The van der Waals surface area contributed by atoms with Crippen molar-refractivity contribution in [2.45, 2.75) is 0 Å². The zero-order chi connectivity index (χ0) is 13.5. The van der Waals surface area contributed by atoms with Gasteiger partial charge in [0.2, 0.25) is 0 Å². The number of nitrogens with one attached hydrogen (secondary N) is 1. The van der Waals surface area contributed by atoms with E-state index in [1.54, 1.807) is 12.4 Å². The Balaban J connectivity index is 0.000000283. The van der Waals surface area contributed by atoms with E-state index in [2.05, 4.69) is 9.72 Å². The molecule has 2 saturated carbocycles. The molecular weight excluding hydrogens is 294 g/mol. The summed E-state index contributed by atoms with van der Waals surface area (Å²) < 4.78 is 4.67. The zero-order valence-corrected chi connectivity index (χ0v) is 12.1. The number of H-pyrrole nitrogens is 1. The van der Waals surface area contributed by atoms with E-state index < -0.39 is 0 Å². The monoisotopic (exact) mass is 309 g/mol. The predicted octanol–water partition coefficient (Wildman–Crippen LogP) is 2.57. The van der Waals surface area contributed by atoms with E-state index in [1.807, 2.05) is 57.8 Å². The average molecular weight is 309 g/mol. The van der Waals surface area contributed by atoms with Gasteiger partial charge in [-0.3, -0.25) is 0 Å². The largest absolute Gasteiger partial charge is 0.465 e. The number of aromatic nitrogens is 1.